The van der Waals surface area contributed by atoms with E-state index in [2.05, 4.69) is 0 Å². The van der Waals surface area contributed by atoms with Crippen molar-refractivity contribution in [3.63, 3.8) is 0 Å². The molecule has 1 N–H and O–H groups in total. The first kappa shape index (κ1) is 26.3. The van der Waals surface area contributed by atoms with Crippen molar-refractivity contribution in [1.29, 1.82) is 0 Å². The number of carbonyl (C=O) groups is 1. The topological polar surface area (TPSA) is 97.1 Å². The second kappa shape index (κ2) is 11.6. The van der Waals surface area contributed by atoms with E-state index in [4.69, 9.17) is 9.15 Å². The Labute approximate surface area is 216 Å². The van der Waals surface area contributed by atoms with Crippen LogP contribution >= 0.6 is 0 Å². The summed E-state index contributed by atoms with van der Waals surface area (Å²) < 4.78 is 38.1. The van der Waals surface area contributed by atoms with E-state index in [1.807, 2.05) is 19.0 Å². The fourth-order valence-electron chi connectivity index (χ4n) is 4.00. The van der Waals surface area contributed by atoms with Gasteiger partial charge in [0.15, 0.2) is 15.6 Å². The lowest BCUT2D eigenvalue weighted by atomic mass is 9.92. The highest BCUT2D eigenvalue weighted by Crippen LogP contribution is 2.41. The van der Waals surface area contributed by atoms with Crippen molar-refractivity contribution in [1.82, 2.24) is 4.90 Å². The van der Waals surface area contributed by atoms with Crippen LogP contribution in [0.25, 0.3) is 11.1 Å². The van der Waals surface area contributed by atoms with Crippen molar-refractivity contribution in [3.05, 3.63) is 108 Å². The average molecular weight is 520 g/mol. The number of hydrogen-bond acceptors (Lipinski definition) is 7. The van der Waals surface area contributed by atoms with E-state index in [9.17, 15) is 18.3 Å². The van der Waals surface area contributed by atoms with Crippen LogP contribution in [0.1, 0.15) is 27.6 Å². The standard InChI is InChI=1S/C29H29NO6S/c1-30(2)16-18-36-29-25(22-15-17-35-19-22)14-13-23(20-37(33,34)24-11-7-4-8-12-24)26(29)28(32)27(31)21-9-5-3-6-10-21/h3-15,17,19,28,32H,16,18,20H2,1-2H3. The van der Waals surface area contributed by atoms with Gasteiger partial charge in [-0.3, -0.25) is 4.79 Å². The molecule has 4 rings (SSSR count). The first-order valence-corrected chi connectivity index (χ1v) is 13.4. The Bertz CT molecular complexity index is 1430. The van der Waals surface area contributed by atoms with Crippen LogP contribution < -0.4 is 4.74 Å². The Morgan fingerprint density at radius 2 is 1.65 bits per heavy atom. The van der Waals surface area contributed by atoms with Crippen LogP contribution in [0.5, 0.6) is 5.75 Å². The third kappa shape index (κ3) is 6.17. The molecule has 0 bridgehead atoms. The summed E-state index contributed by atoms with van der Waals surface area (Å²) in [5.41, 5.74) is 1.99. The molecule has 1 unspecified atom stereocenters. The minimum Gasteiger partial charge on any atom is -0.491 e. The van der Waals surface area contributed by atoms with Gasteiger partial charge in [0.25, 0.3) is 0 Å². The monoisotopic (exact) mass is 519 g/mol. The van der Waals surface area contributed by atoms with Gasteiger partial charge < -0.3 is 19.2 Å². The van der Waals surface area contributed by atoms with Gasteiger partial charge in [0.1, 0.15) is 18.5 Å². The van der Waals surface area contributed by atoms with Crippen LogP contribution in [-0.4, -0.2) is 51.5 Å². The van der Waals surface area contributed by atoms with Gasteiger partial charge >= 0.3 is 0 Å². The van der Waals surface area contributed by atoms with Crippen LogP contribution in [0.3, 0.4) is 0 Å². The molecule has 1 aromatic heterocycles. The zero-order valence-electron chi connectivity index (χ0n) is 20.7. The third-order valence-corrected chi connectivity index (χ3v) is 7.61. The Hall–Kier alpha value is -3.72. The number of hydrogen-bond donors (Lipinski definition) is 1. The predicted octanol–water partition coefficient (Wildman–Crippen LogP) is 4.78. The number of ether oxygens (including phenoxy) is 1. The molecular weight excluding hydrogens is 490 g/mol. The first-order valence-electron chi connectivity index (χ1n) is 11.8. The summed E-state index contributed by atoms with van der Waals surface area (Å²) in [6.45, 7) is 0.825. The largest absolute Gasteiger partial charge is 0.491 e. The maximum atomic E-state index is 13.4. The van der Waals surface area contributed by atoms with Crippen molar-refractivity contribution in [2.45, 2.75) is 16.8 Å². The minimum absolute atomic E-state index is 0.130. The maximum absolute atomic E-state index is 13.4. The van der Waals surface area contributed by atoms with Gasteiger partial charge in [-0.25, -0.2) is 8.42 Å². The molecule has 4 aromatic rings. The normalized spacial score (nSPS) is 12.4. The lowest BCUT2D eigenvalue weighted by Gasteiger charge is -2.23. The summed E-state index contributed by atoms with van der Waals surface area (Å²) in [5.74, 6) is -0.720. The summed E-state index contributed by atoms with van der Waals surface area (Å²) >= 11 is 0. The summed E-state index contributed by atoms with van der Waals surface area (Å²) in [4.78, 5) is 15.5. The van der Waals surface area contributed by atoms with Crippen molar-refractivity contribution in [3.8, 4) is 16.9 Å². The van der Waals surface area contributed by atoms with E-state index in [1.54, 1.807) is 66.7 Å². The van der Waals surface area contributed by atoms with Crippen LogP contribution in [0.2, 0.25) is 0 Å². The fourth-order valence-corrected chi connectivity index (χ4v) is 5.40. The number of sulfone groups is 1. The lowest BCUT2D eigenvalue weighted by molar-refractivity contribution is 0.0738. The van der Waals surface area contributed by atoms with Crippen molar-refractivity contribution in [2.24, 2.45) is 0 Å². The molecule has 37 heavy (non-hydrogen) atoms. The Morgan fingerprint density at radius 1 is 0.973 bits per heavy atom. The van der Waals surface area contributed by atoms with E-state index in [-0.39, 0.29) is 28.4 Å². The smallest absolute Gasteiger partial charge is 0.195 e. The Balaban J connectivity index is 1.88. The molecule has 3 aromatic carbocycles. The third-order valence-electron chi connectivity index (χ3n) is 5.93. The van der Waals surface area contributed by atoms with Gasteiger partial charge in [-0.2, -0.15) is 0 Å². The predicted molar refractivity (Wildman–Crippen MR) is 141 cm³/mol. The number of furan rings is 1. The average Bonchev–Trinajstić information content (AvgIpc) is 3.43. The molecule has 192 valence electrons. The summed E-state index contributed by atoms with van der Waals surface area (Å²) in [5, 5.41) is 11.4. The molecule has 0 aliphatic heterocycles. The molecule has 1 heterocycles. The van der Waals surface area contributed by atoms with Crippen LogP contribution in [0, 0.1) is 0 Å². The second-order valence-corrected chi connectivity index (χ2v) is 10.9. The van der Waals surface area contributed by atoms with E-state index in [0.717, 1.165) is 0 Å². The van der Waals surface area contributed by atoms with Crippen LogP contribution in [0.4, 0.5) is 0 Å². The molecule has 0 aliphatic rings. The molecule has 0 saturated heterocycles. The van der Waals surface area contributed by atoms with Gasteiger partial charge in [-0.15, -0.1) is 0 Å². The Kier molecular flexibility index (Phi) is 8.23. The Morgan fingerprint density at radius 3 is 2.27 bits per heavy atom. The number of aliphatic hydroxyl groups is 1. The van der Waals surface area contributed by atoms with Crippen molar-refractivity contribution >= 4 is 15.6 Å². The highest BCUT2D eigenvalue weighted by molar-refractivity contribution is 7.90. The molecule has 7 nitrogen and oxygen atoms in total. The molecule has 0 aliphatic carbocycles. The molecular formula is C29H29NO6S. The molecule has 1 atom stereocenters. The van der Waals surface area contributed by atoms with E-state index in [1.165, 1.54) is 24.7 Å². The van der Waals surface area contributed by atoms with Gasteiger partial charge in [0, 0.05) is 28.8 Å². The zero-order chi connectivity index (χ0) is 26.4. The SMILES string of the molecule is CN(C)CCOc1c(-c2ccoc2)ccc(CS(=O)(=O)c2ccccc2)c1C(O)C(=O)c1ccccc1. The number of Topliss-reactive ketones (excluding diaryl/α,β-unsaturated/α-hetero) is 1. The minimum atomic E-state index is -3.78. The van der Waals surface area contributed by atoms with E-state index >= 15 is 0 Å². The summed E-state index contributed by atoms with van der Waals surface area (Å²) in [6, 6.07) is 21.6. The molecule has 0 fully saturated rings. The highest BCUT2D eigenvalue weighted by atomic mass is 32.2. The first-order chi connectivity index (χ1) is 17.8. The number of aliphatic hydroxyl groups excluding tert-OH is 1. The molecule has 0 radical (unpaired) electrons. The van der Waals surface area contributed by atoms with Crippen LogP contribution in [-0.2, 0) is 15.6 Å². The van der Waals surface area contributed by atoms with Gasteiger partial charge in [-0.1, -0.05) is 60.7 Å². The fraction of sp³-hybridized carbons (Fsp3) is 0.207. The summed E-state index contributed by atoms with van der Waals surface area (Å²) in [6.07, 6.45) is 1.39. The van der Waals surface area contributed by atoms with Gasteiger partial charge in [-0.05, 0) is 37.9 Å². The summed E-state index contributed by atoms with van der Waals surface area (Å²) in [7, 11) is 0.0196. The number of carbonyl (C=O) groups excluding carboxylic acids is 1. The lowest BCUT2D eigenvalue weighted by Crippen LogP contribution is -2.22. The van der Waals surface area contributed by atoms with Gasteiger partial charge in [0.05, 0.1) is 23.2 Å². The quantitative estimate of drug-likeness (QED) is 0.285. The number of benzene rings is 3. The number of rotatable bonds is 11. The molecule has 0 amide bonds. The van der Waals surface area contributed by atoms with E-state index in [0.29, 0.717) is 23.2 Å². The molecule has 0 saturated carbocycles. The number of ketones is 1. The van der Waals surface area contributed by atoms with Gasteiger partial charge in [0.2, 0.25) is 0 Å². The maximum Gasteiger partial charge on any atom is 0.195 e. The number of likely N-dealkylation sites (N-methyl/N-ethyl adjacent to an activating group) is 1. The number of nitrogens with zero attached hydrogens (tertiary/aromatic N) is 1. The molecule has 0 spiro atoms. The van der Waals surface area contributed by atoms with Crippen molar-refractivity contribution < 1.29 is 27.5 Å². The van der Waals surface area contributed by atoms with E-state index < -0.39 is 27.5 Å². The van der Waals surface area contributed by atoms with Crippen molar-refractivity contribution in [2.75, 3.05) is 27.2 Å². The van der Waals surface area contributed by atoms with Crippen LogP contribution in [0.15, 0.2) is 101 Å². The zero-order valence-corrected chi connectivity index (χ0v) is 21.5. The second-order valence-electron chi connectivity index (χ2n) is 8.88. The molecule has 8 heteroatoms. The highest BCUT2D eigenvalue weighted by Gasteiger charge is 2.30.